The SMILES string of the molecule is COc1cccc(C)c1C(=O)N1CC(OC)C(Oc2cccc(CSN3CCCC3c3ccccc3C)c2)C1. The predicted octanol–water partition coefficient (Wildman–Crippen LogP) is 6.22. The molecule has 206 valence electrons. The molecule has 7 heteroatoms. The highest BCUT2D eigenvalue weighted by Crippen LogP contribution is 2.39. The first-order valence-corrected chi connectivity index (χ1v) is 14.6. The van der Waals surface area contributed by atoms with Crippen LogP contribution in [0.1, 0.15) is 51.5 Å². The summed E-state index contributed by atoms with van der Waals surface area (Å²) in [7, 11) is 3.27. The van der Waals surface area contributed by atoms with Gasteiger partial charge in [-0.25, -0.2) is 4.31 Å². The van der Waals surface area contributed by atoms with Gasteiger partial charge in [0, 0.05) is 25.4 Å². The lowest BCUT2D eigenvalue weighted by molar-refractivity contribution is 0.0339. The van der Waals surface area contributed by atoms with Crippen molar-refractivity contribution in [2.45, 2.75) is 50.7 Å². The van der Waals surface area contributed by atoms with Crippen LogP contribution in [0.5, 0.6) is 11.5 Å². The van der Waals surface area contributed by atoms with Crippen molar-refractivity contribution in [3.63, 3.8) is 0 Å². The summed E-state index contributed by atoms with van der Waals surface area (Å²) < 4.78 is 20.2. The number of carbonyl (C=O) groups excluding carboxylic acids is 1. The van der Waals surface area contributed by atoms with Gasteiger partial charge in [-0.3, -0.25) is 4.79 Å². The molecule has 0 aromatic heterocycles. The molecule has 6 nitrogen and oxygen atoms in total. The highest BCUT2D eigenvalue weighted by atomic mass is 32.2. The number of ether oxygens (including phenoxy) is 3. The molecule has 2 heterocycles. The monoisotopic (exact) mass is 546 g/mol. The quantitative estimate of drug-likeness (QED) is 0.297. The van der Waals surface area contributed by atoms with E-state index in [0.29, 0.717) is 30.4 Å². The summed E-state index contributed by atoms with van der Waals surface area (Å²) in [5, 5.41) is 0. The van der Waals surface area contributed by atoms with Gasteiger partial charge in [0.05, 0.1) is 25.8 Å². The minimum atomic E-state index is -0.249. The van der Waals surface area contributed by atoms with Gasteiger partial charge in [0.25, 0.3) is 5.91 Å². The molecule has 0 radical (unpaired) electrons. The van der Waals surface area contributed by atoms with E-state index in [2.05, 4.69) is 47.6 Å². The molecule has 0 bridgehead atoms. The minimum Gasteiger partial charge on any atom is -0.496 e. The van der Waals surface area contributed by atoms with Gasteiger partial charge in [0.15, 0.2) is 0 Å². The van der Waals surface area contributed by atoms with Crippen LogP contribution in [0.25, 0.3) is 0 Å². The van der Waals surface area contributed by atoms with E-state index >= 15 is 0 Å². The van der Waals surface area contributed by atoms with Crippen LogP contribution in [0.15, 0.2) is 66.7 Å². The normalized spacial score (nSPS) is 21.3. The second-order valence-corrected chi connectivity index (χ2v) is 11.4. The Morgan fingerprint density at radius 1 is 0.949 bits per heavy atom. The Hall–Kier alpha value is -3.00. The van der Waals surface area contributed by atoms with E-state index in [1.807, 2.05) is 54.1 Å². The van der Waals surface area contributed by atoms with Crippen LogP contribution in [0, 0.1) is 13.8 Å². The summed E-state index contributed by atoms with van der Waals surface area (Å²) in [5.74, 6) is 2.22. The van der Waals surface area contributed by atoms with Crippen LogP contribution < -0.4 is 9.47 Å². The Morgan fingerprint density at radius 2 is 1.72 bits per heavy atom. The van der Waals surface area contributed by atoms with E-state index in [0.717, 1.165) is 23.6 Å². The van der Waals surface area contributed by atoms with Gasteiger partial charge in [-0.05, 0) is 67.1 Å². The maximum Gasteiger partial charge on any atom is 0.258 e. The number of hydrogen-bond acceptors (Lipinski definition) is 6. The molecule has 3 unspecified atom stereocenters. The Labute approximate surface area is 236 Å². The fourth-order valence-electron chi connectivity index (χ4n) is 5.70. The zero-order valence-electron chi connectivity index (χ0n) is 23.3. The zero-order valence-corrected chi connectivity index (χ0v) is 24.1. The lowest BCUT2D eigenvalue weighted by Gasteiger charge is -2.25. The molecule has 39 heavy (non-hydrogen) atoms. The lowest BCUT2D eigenvalue weighted by atomic mass is 10.0. The third kappa shape index (κ3) is 6.11. The van der Waals surface area contributed by atoms with Crippen molar-refractivity contribution in [1.29, 1.82) is 0 Å². The first-order chi connectivity index (χ1) is 19.0. The van der Waals surface area contributed by atoms with E-state index in [-0.39, 0.29) is 18.1 Å². The third-order valence-corrected chi connectivity index (χ3v) is 9.04. The van der Waals surface area contributed by atoms with Crippen molar-refractivity contribution in [2.75, 3.05) is 33.9 Å². The number of hydrogen-bond donors (Lipinski definition) is 0. The number of likely N-dealkylation sites (tertiary alicyclic amines) is 1. The van der Waals surface area contributed by atoms with Gasteiger partial charge >= 0.3 is 0 Å². The number of methoxy groups -OCH3 is 2. The van der Waals surface area contributed by atoms with Gasteiger partial charge < -0.3 is 19.1 Å². The highest BCUT2D eigenvalue weighted by Gasteiger charge is 2.38. The Bertz CT molecular complexity index is 1300. The van der Waals surface area contributed by atoms with Gasteiger partial charge in [0.1, 0.15) is 23.7 Å². The van der Waals surface area contributed by atoms with Gasteiger partial charge in [0.2, 0.25) is 0 Å². The van der Waals surface area contributed by atoms with Crippen LogP contribution in [-0.2, 0) is 10.5 Å². The molecule has 3 aromatic rings. The minimum absolute atomic E-state index is 0.0583. The Balaban J connectivity index is 1.23. The fourth-order valence-corrected chi connectivity index (χ4v) is 6.85. The number of aryl methyl sites for hydroxylation is 2. The summed E-state index contributed by atoms with van der Waals surface area (Å²) in [6.07, 6.45) is 1.96. The topological polar surface area (TPSA) is 51.2 Å². The molecule has 0 aliphatic carbocycles. The van der Waals surface area contributed by atoms with E-state index in [9.17, 15) is 4.79 Å². The zero-order chi connectivity index (χ0) is 27.4. The average molecular weight is 547 g/mol. The number of carbonyl (C=O) groups is 1. The molecule has 2 saturated heterocycles. The highest BCUT2D eigenvalue weighted by molar-refractivity contribution is 7.96. The molecule has 1 amide bonds. The van der Waals surface area contributed by atoms with Crippen LogP contribution >= 0.6 is 11.9 Å². The molecule has 3 atom stereocenters. The lowest BCUT2D eigenvalue weighted by Crippen LogP contribution is -2.32. The first kappa shape index (κ1) is 27.6. The Kier molecular flexibility index (Phi) is 8.80. The molecule has 3 aromatic carbocycles. The van der Waals surface area contributed by atoms with E-state index in [4.69, 9.17) is 14.2 Å². The smallest absolute Gasteiger partial charge is 0.258 e. The van der Waals surface area contributed by atoms with Crippen molar-refractivity contribution >= 4 is 17.9 Å². The summed E-state index contributed by atoms with van der Waals surface area (Å²) in [4.78, 5) is 15.3. The fraction of sp³-hybridized carbons (Fsp3) is 0.406. The van der Waals surface area contributed by atoms with Crippen LogP contribution in [-0.4, -0.2) is 61.2 Å². The maximum atomic E-state index is 13.4. The molecule has 5 rings (SSSR count). The Morgan fingerprint density at radius 3 is 2.51 bits per heavy atom. The largest absolute Gasteiger partial charge is 0.496 e. The van der Waals surface area contributed by atoms with Crippen molar-refractivity contribution in [3.8, 4) is 11.5 Å². The van der Waals surface area contributed by atoms with Gasteiger partial charge in [-0.15, -0.1) is 0 Å². The molecule has 0 N–H and O–H groups in total. The van der Waals surface area contributed by atoms with Crippen LogP contribution in [0.2, 0.25) is 0 Å². The second-order valence-electron chi connectivity index (χ2n) is 10.4. The number of nitrogens with zero attached hydrogens (tertiary/aromatic N) is 2. The summed E-state index contributed by atoms with van der Waals surface area (Å²) in [6.45, 7) is 6.18. The van der Waals surface area contributed by atoms with Crippen molar-refractivity contribution in [3.05, 3.63) is 94.5 Å². The molecule has 2 aliphatic heterocycles. The van der Waals surface area contributed by atoms with E-state index < -0.39 is 0 Å². The van der Waals surface area contributed by atoms with Gasteiger partial charge in [-0.1, -0.05) is 60.5 Å². The molecular weight excluding hydrogens is 508 g/mol. The van der Waals surface area contributed by atoms with Crippen molar-refractivity contribution in [2.24, 2.45) is 0 Å². The predicted molar refractivity (Wildman–Crippen MR) is 156 cm³/mol. The third-order valence-electron chi connectivity index (χ3n) is 7.81. The first-order valence-electron chi connectivity index (χ1n) is 13.6. The molecule has 2 fully saturated rings. The molecule has 2 aliphatic rings. The molecular formula is C32H38N2O4S. The summed E-state index contributed by atoms with van der Waals surface area (Å²) >= 11 is 1.90. The number of benzene rings is 3. The standard InChI is InChI=1S/C32H38N2O4S/c1-22-10-5-6-14-26(22)27-15-9-17-34(27)39-21-24-12-8-13-25(18-24)38-30-20-33(19-29(30)37-4)32(35)31-23(2)11-7-16-28(31)36-3/h5-8,10-14,16,18,27,29-30H,9,15,17,19-21H2,1-4H3. The van der Waals surface area contributed by atoms with E-state index in [1.165, 1.54) is 29.5 Å². The van der Waals surface area contributed by atoms with E-state index in [1.54, 1.807) is 14.2 Å². The molecule has 0 spiro atoms. The van der Waals surface area contributed by atoms with Crippen molar-refractivity contribution < 1.29 is 19.0 Å². The van der Waals surface area contributed by atoms with Gasteiger partial charge in [-0.2, -0.15) is 0 Å². The second kappa shape index (κ2) is 12.5. The van der Waals surface area contributed by atoms with Crippen LogP contribution in [0.4, 0.5) is 0 Å². The number of amides is 1. The molecule has 0 saturated carbocycles. The van der Waals surface area contributed by atoms with Crippen molar-refractivity contribution in [1.82, 2.24) is 9.21 Å². The van der Waals surface area contributed by atoms with Crippen LogP contribution in [0.3, 0.4) is 0 Å². The number of rotatable bonds is 9. The summed E-state index contributed by atoms with van der Waals surface area (Å²) in [6, 6.07) is 23.2. The summed E-state index contributed by atoms with van der Waals surface area (Å²) in [5.41, 5.74) is 5.51. The maximum absolute atomic E-state index is 13.4. The average Bonchev–Trinajstić information content (AvgIpc) is 3.59.